The number of hydrogen-bond acceptors (Lipinski definition) is 3. The molecule has 1 fully saturated rings. The van der Waals surface area contributed by atoms with Crippen molar-refractivity contribution in [2.45, 2.75) is 25.3 Å². The first kappa shape index (κ1) is 15.8. The van der Waals surface area contributed by atoms with Crippen molar-refractivity contribution in [2.24, 2.45) is 5.92 Å². The fourth-order valence-electron chi connectivity index (χ4n) is 2.11. The summed E-state index contributed by atoms with van der Waals surface area (Å²) in [5.74, 6) is -0.484. The Balaban J connectivity index is 2.00. The van der Waals surface area contributed by atoms with Crippen molar-refractivity contribution in [3.05, 3.63) is 28.5 Å². The van der Waals surface area contributed by atoms with Crippen molar-refractivity contribution in [3.8, 4) is 0 Å². The highest BCUT2D eigenvalue weighted by molar-refractivity contribution is 9.10. The summed E-state index contributed by atoms with van der Waals surface area (Å²) in [6.07, 6.45) is 5.56. The summed E-state index contributed by atoms with van der Waals surface area (Å²) < 4.78 is 0.874. The van der Waals surface area contributed by atoms with Crippen LogP contribution in [0.4, 0.5) is 4.79 Å². The molecule has 0 spiro atoms. The predicted octanol–water partition coefficient (Wildman–Crippen LogP) is 2.41. The maximum absolute atomic E-state index is 12.1. The molecule has 1 saturated carbocycles. The Morgan fingerprint density at radius 2 is 2.24 bits per heavy atom. The largest absolute Gasteiger partial charge is 0.481 e. The van der Waals surface area contributed by atoms with Crippen LogP contribution >= 0.6 is 15.9 Å². The number of halogens is 1. The lowest BCUT2D eigenvalue weighted by atomic mass is 10.0. The number of aliphatic carboxylic acids is 1. The number of nitrogens with zero attached hydrogens (tertiary/aromatic N) is 2. The predicted molar refractivity (Wildman–Crippen MR) is 80.8 cm³/mol. The highest BCUT2D eigenvalue weighted by Crippen LogP contribution is 2.41. The Bertz CT molecular complexity index is 534. The molecule has 21 heavy (non-hydrogen) atoms. The van der Waals surface area contributed by atoms with Crippen molar-refractivity contribution in [2.75, 3.05) is 13.6 Å². The van der Waals surface area contributed by atoms with Gasteiger partial charge in [0, 0.05) is 30.5 Å². The van der Waals surface area contributed by atoms with Crippen LogP contribution in [0, 0.1) is 5.92 Å². The van der Waals surface area contributed by atoms with Crippen LogP contribution in [0.1, 0.15) is 30.9 Å². The molecule has 0 aliphatic heterocycles. The van der Waals surface area contributed by atoms with Gasteiger partial charge in [-0.2, -0.15) is 0 Å². The third kappa shape index (κ3) is 4.70. The van der Waals surface area contributed by atoms with E-state index in [9.17, 15) is 9.59 Å². The first-order valence-corrected chi connectivity index (χ1v) is 7.60. The Kier molecular flexibility index (Phi) is 5.17. The van der Waals surface area contributed by atoms with Crippen molar-refractivity contribution >= 4 is 27.9 Å². The minimum absolute atomic E-state index is 0.0591. The van der Waals surface area contributed by atoms with E-state index in [0.29, 0.717) is 5.92 Å². The van der Waals surface area contributed by atoms with E-state index in [0.717, 1.165) is 22.9 Å². The molecule has 1 aromatic rings. The molecule has 2 rings (SSSR count). The monoisotopic (exact) mass is 355 g/mol. The van der Waals surface area contributed by atoms with Crippen LogP contribution < -0.4 is 5.32 Å². The van der Waals surface area contributed by atoms with Gasteiger partial charge in [0.2, 0.25) is 0 Å². The molecule has 2 N–H and O–H groups in total. The third-order valence-corrected chi connectivity index (χ3v) is 3.90. The quantitative estimate of drug-likeness (QED) is 0.820. The zero-order valence-corrected chi connectivity index (χ0v) is 13.3. The molecule has 1 aliphatic carbocycles. The standard InChI is InChI=1S/C14H18BrN3O3/c1-18(5-4-12(19)20)14(21)17-13(9-2-3-9)10-6-11(15)8-16-7-10/h6-9,13H,2-5H2,1H3,(H,17,21)(H,19,20). The normalized spacial score (nSPS) is 15.3. The number of amides is 2. The smallest absolute Gasteiger partial charge is 0.317 e. The Hall–Kier alpha value is -1.63. The summed E-state index contributed by atoms with van der Waals surface area (Å²) in [4.78, 5) is 28.2. The molecule has 7 heteroatoms. The molecule has 1 aliphatic rings. The van der Waals surface area contributed by atoms with Crippen LogP contribution in [-0.2, 0) is 4.79 Å². The maximum Gasteiger partial charge on any atom is 0.317 e. The fraction of sp³-hybridized carbons (Fsp3) is 0.500. The molecular weight excluding hydrogens is 338 g/mol. The lowest BCUT2D eigenvalue weighted by Crippen LogP contribution is -2.41. The molecule has 0 aromatic carbocycles. The van der Waals surface area contributed by atoms with Crippen LogP contribution in [0.15, 0.2) is 22.9 Å². The lowest BCUT2D eigenvalue weighted by molar-refractivity contribution is -0.137. The van der Waals surface area contributed by atoms with Crippen molar-refractivity contribution in [1.82, 2.24) is 15.2 Å². The minimum atomic E-state index is -0.912. The van der Waals surface area contributed by atoms with E-state index in [1.807, 2.05) is 6.07 Å². The number of carboxylic acid groups (broad SMARTS) is 1. The lowest BCUT2D eigenvalue weighted by Gasteiger charge is -2.23. The fourth-order valence-corrected chi connectivity index (χ4v) is 2.49. The number of hydrogen-bond donors (Lipinski definition) is 2. The van der Waals surface area contributed by atoms with Gasteiger partial charge in [-0.25, -0.2) is 4.79 Å². The second kappa shape index (κ2) is 6.89. The summed E-state index contributed by atoms with van der Waals surface area (Å²) in [5, 5.41) is 11.6. The van der Waals surface area contributed by atoms with Gasteiger partial charge in [-0.1, -0.05) is 0 Å². The molecule has 2 amide bonds. The molecule has 1 aromatic heterocycles. The van der Waals surface area contributed by atoms with E-state index >= 15 is 0 Å². The Labute approximate surface area is 131 Å². The van der Waals surface area contributed by atoms with Gasteiger partial charge in [-0.05, 0) is 46.3 Å². The number of pyridine rings is 1. The number of urea groups is 1. The molecule has 0 radical (unpaired) electrons. The van der Waals surface area contributed by atoms with Crippen LogP contribution in [0.5, 0.6) is 0 Å². The average Bonchev–Trinajstić information content (AvgIpc) is 3.26. The Morgan fingerprint density at radius 1 is 1.52 bits per heavy atom. The Morgan fingerprint density at radius 3 is 2.81 bits per heavy atom. The second-order valence-electron chi connectivity index (χ2n) is 5.27. The molecule has 1 unspecified atom stereocenters. The van der Waals surface area contributed by atoms with Gasteiger partial charge < -0.3 is 15.3 Å². The van der Waals surface area contributed by atoms with Gasteiger partial charge in [0.15, 0.2) is 0 Å². The van der Waals surface area contributed by atoms with Gasteiger partial charge in [-0.15, -0.1) is 0 Å². The second-order valence-corrected chi connectivity index (χ2v) is 6.18. The van der Waals surface area contributed by atoms with E-state index in [1.54, 1.807) is 19.4 Å². The molecule has 1 atom stereocenters. The van der Waals surface area contributed by atoms with Crippen LogP contribution in [0.25, 0.3) is 0 Å². The van der Waals surface area contributed by atoms with E-state index in [-0.39, 0.29) is 25.0 Å². The average molecular weight is 356 g/mol. The first-order chi connectivity index (χ1) is 9.97. The highest BCUT2D eigenvalue weighted by atomic mass is 79.9. The van der Waals surface area contributed by atoms with Gasteiger partial charge in [-0.3, -0.25) is 9.78 Å². The zero-order chi connectivity index (χ0) is 15.4. The van der Waals surface area contributed by atoms with E-state index in [4.69, 9.17) is 5.11 Å². The zero-order valence-electron chi connectivity index (χ0n) is 11.8. The number of carbonyl (C=O) groups is 2. The summed E-state index contributed by atoms with van der Waals surface area (Å²) in [6.45, 7) is 0.190. The number of aromatic nitrogens is 1. The van der Waals surface area contributed by atoms with Gasteiger partial charge in [0.1, 0.15) is 0 Å². The first-order valence-electron chi connectivity index (χ1n) is 6.81. The highest BCUT2D eigenvalue weighted by Gasteiger charge is 2.34. The number of carbonyl (C=O) groups excluding carboxylic acids is 1. The van der Waals surface area contributed by atoms with Crippen molar-refractivity contribution in [3.63, 3.8) is 0 Å². The van der Waals surface area contributed by atoms with Crippen LogP contribution in [-0.4, -0.2) is 40.6 Å². The summed E-state index contributed by atoms with van der Waals surface area (Å²) in [6, 6.07) is 1.62. The molecule has 0 saturated heterocycles. The maximum atomic E-state index is 12.1. The topological polar surface area (TPSA) is 82.5 Å². The van der Waals surface area contributed by atoms with E-state index in [1.165, 1.54) is 4.90 Å². The van der Waals surface area contributed by atoms with Gasteiger partial charge in [0.25, 0.3) is 0 Å². The summed E-state index contributed by atoms with van der Waals surface area (Å²) >= 11 is 3.39. The van der Waals surface area contributed by atoms with Crippen molar-refractivity contribution < 1.29 is 14.7 Å². The SMILES string of the molecule is CN(CCC(=O)O)C(=O)NC(c1cncc(Br)c1)C1CC1. The number of rotatable bonds is 6. The number of nitrogens with one attached hydrogen (secondary N) is 1. The van der Waals surface area contributed by atoms with Crippen molar-refractivity contribution in [1.29, 1.82) is 0 Å². The van der Waals surface area contributed by atoms with Crippen LogP contribution in [0.3, 0.4) is 0 Å². The van der Waals surface area contributed by atoms with E-state index in [2.05, 4.69) is 26.2 Å². The van der Waals surface area contributed by atoms with Crippen LogP contribution in [0.2, 0.25) is 0 Å². The number of carboxylic acids is 1. The summed E-state index contributed by atoms with van der Waals surface area (Å²) in [5.41, 5.74) is 0.965. The molecule has 6 nitrogen and oxygen atoms in total. The van der Waals surface area contributed by atoms with E-state index < -0.39 is 5.97 Å². The molecular formula is C14H18BrN3O3. The van der Waals surface area contributed by atoms with Gasteiger partial charge in [0.05, 0.1) is 12.5 Å². The third-order valence-electron chi connectivity index (χ3n) is 3.47. The molecule has 114 valence electrons. The summed E-state index contributed by atoms with van der Waals surface area (Å²) in [7, 11) is 1.60. The molecule has 1 heterocycles. The van der Waals surface area contributed by atoms with Gasteiger partial charge >= 0.3 is 12.0 Å². The molecule has 0 bridgehead atoms. The minimum Gasteiger partial charge on any atom is -0.481 e.